The van der Waals surface area contributed by atoms with Gasteiger partial charge in [0.15, 0.2) is 5.58 Å². The summed E-state index contributed by atoms with van der Waals surface area (Å²) in [6.07, 6.45) is 6.98. The molecule has 19 heavy (non-hydrogen) atoms. The summed E-state index contributed by atoms with van der Waals surface area (Å²) in [6, 6.07) is 7.59. The van der Waals surface area contributed by atoms with E-state index in [-0.39, 0.29) is 5.91 Å². The quantitative estimate of drug-likeness (QED) is 0.856. The van der Waals surface area contributed by atoms with E-state index < -0.39 is 0 Å². The summed E-state index contributed by atoms with van der Waals surface area (Å²) >= 11 is 0. The fourth-order valence-electron chi connectivity index (χ4n) is 2.35. The molecule has 1 heterocycles. The highest BCUT2D eigenvalue weighted by Crippen LogP contribution is 2.20. The lowest BCUT2D eigenvalue weighted by Gasteiger charge is -2.06. The SMILES string of the molecule is O=C(C[C@@H]1C=CCC1)NCc1nc2ccccc2o1. The molecule has 98 valence electrons. The van der Waals surface area contributed by atoms with Gasteiger partial charge in [-0.1, -0.05) is 24.3 Å². The van der Waals surface area contributed by atoms with Gasteiger partial charge in [-0.25, -0.2) is 4.98 Å². The topological polar surface area (TPSA) is 55.1 Å². The number of nitrogens with zero attached hydrogens (tertiary/aromatic N) is 1. The molecule has 2 aromatic rings. The summed E-state index contributed by atoms with van der Waals surface area (Å²) < 4.78 is 5.55. The smallest absolute Gasteiger partial charge is 0.221 e. The summed E-state index contributed by atoms with van der Waals surface area (Å²) in [6.45, 7) is 0.351. The minimum Gasteiger partial charge on any atom is -0.439 e. The number of fused-ring (bicyclic) bond motifs is 1. The second-order valence-corrected chi connectivity index (χ2v) is 4.82. The largest absolute Gasteiger partial charge is 0.439 e. The van der Waals surface area contributed by atoms with Crippen LogP contribution in [-0.4, -0.2) is 10.9 Å². The lowest BCUT2D eigenvalue weighted by molar-refractivity contribution is -0.122. The third-order valence-corrected chi connectivity index (χ3v) is 3.33. The maximum absolute atomic E-state index is 11.8. The number of para-hydroxylation sites is 2. The van der Waals surface area contributed by atoms with Crippen LogP contribution >= 0.6 is 0 Å². The Labute approximate surface area is 111 Å². The molecule has 1 aromatic carbocycles. The van der Waals surface area contributed by atoms with Crippen molar-refractivity contribution in [2.24, 2.45) is 5.92 Å². The van der Waals surface area contributed by atoms with Crippen molar-refractivity contribution < 1.29 is 9.21 Å². The van der Waals surface area contributed by atoms with Crippen LogP contribution in [0, 0.1) is 5.92 Å². The van der Waals surface area contributed by atoms with Crippen LogP contribution in [0.2, 0.25) is 0 Å². The molecule has 0 aliphatic heterocycles. The third kappa shape index (κ3) is 2.84. The molecule has 0 bridgehead atoms. The van der Waals surface area contributed by atoms with Crippen molar-refractivity contribution in [3.05, 3.63) is 42.3 Å². The average molecular weight is 256 g/mol. The number of carbonyl (C=O) groups excluding carboxylic acids is 1. The van der Waals surface area contributed by atoms with Crippen LogP contribution in [-0.2, 0) is 11.3 Å². The Morgan fingerprint density at radius 3 is 3.11 bits per heavy atom. The predicted octanol–water partition coefficient (Wildman–Crippen LogP) is 2.80. The number of hydrogen-bond donors (Lipinski definition) is 1. The molecule has 1 aromatic heterocycles. The highest BCUT2D eigenvalue weighted by atomic mass is 16.3. The van der Waals surface area contributed by atoms with Crippen molar-refractivity contribution >= 4 is 17.0 Å². The zero-order valence-corrected chi connectivity index (χ0v) is 10.6. The van der Waals surface area contributed by atoms with Gasteiger partial charge in [0.25, 0.3) is 0 Å². The van der Waals surface area contributed by atoms with E-state index in [0.29, 0.717) is 24.8 Å². The van der Waals surface area contributed by atoms with Gasteiger partial charge in [-0.3, -0.25) is 4.79 Å². The highest BCUT2D eigenvalue weighted by Gasteiger charge is 2.14. The van der Waals surface area contributed by atoms with Gasteiger partial charge in [0.05, 0.1) is 6.54 Å². The molecule has 3 rings (SSSR count). The monoisotopic (exact) mass is 256 g/mol. The summed E-state index contributed by atoms with van der Waals surface area (Å²) in [5.74, 6) is 0.999. The Kier molecular flexibility index (Phi) is 3.31. The maximum Gasteiger partial charge on any atom is 0.221 e. The zero-order valence-electron chi connectivity index (χ0n) is 10.6. The van der Waals surface area contributed by atoms with Crippen molar-refractivity contribution in [2.75, 3.05) is 0 Å². The molecular formula is C15H16N2O2. The van der Waals surface area contributed by atoms with Gasteiger partial charge in [0.1, 0.15) is 5.52 Å². The van der Waals surface area contributed by atoms with Crippen molar-refractivity contribution in [3.63, 3.8) is 0 Å². The summed E-state index contributed by atoms with van der Waals surface area (Å²) in [5, 5.41) is 2.86. The minimum absolute atomic E-state index is 0.0545. The number of hydrogen-bond acceptors (Lipinski definition) is 3. The van der Waals surface area contributed by atoms with E-state index in [0.717, 1.165) is 23.9 Å². The van der Waals surface area contributed by atoms with E-state index in [9.17, 15) is 4.79 Å². The number of allylic oxidation sites excluding steroid dienone is 2. The van der Waals surface area contributed by atoms with E-state index in [2.05, 4.69) is 22.5 Å². The molecule has 4 heteroatoms. The number of nitrogens with one attached hydrogen (secondary N) is 1. The van der Waals surface area contributed by atoms with Gasteiger partial charge in [-0.15, -0.1) is 0 Å². The van der Waals surface area contributed by atoms with Crippen LogP contribution in [0.15, 0.2) is 40.8 Å². The molecule has 0 unspecified atom stereocenters. The van der Waals surface area contributed by atoms with Gasteiger partial charge in [-0.05, 0) is 30.9 Å². The number of aromatic nitrogens is 1. The normalized spacial score (nSPS) is 18.0. The Morgan fingerprint density at radius 1 is 1.42 bits per heavy atom. The van der Waals surface area contributed by atoms with Crippen LogP contribution in [0.1, 0.15) is 25.2 Å². The van der Waals surface area contributed by atoms with Crippen LogP contribution in [0.5, 0.6) is 0 Å². The molecule has 0 saturated heterocycles. The van der Waals surface area contributed by atoms with Crippen LogP contribution in [0.25, 0.3) is 11.1 Å². The van der Waals surface area contributed by atoms with Gasteiger partial charge in [-0.2, -0.15) is 0 Å². The first kappa shape index (κ1) is 12.0. The molecule has 1 amide bonds. The summed E-state index contributed by atoms with van der Waals surface area (Å²) in [4.78, 5) is 16.1. The van der Waals surface area contributed by atoms with E-state index in [1.165, 1.54) is 0 Å². The molecule has 1 N–H and O–H groups in total. The number of amides is 1. The van der Waals surface area contributed by atoms with E-state index in [1.807, 2.05) is 24.3 Å². The van der Waals surface area contributed by atoms with Gasteiger partial charge < -0.3 is 9.73 Å². The van der Waals surface area contributed by atoms with Crippen molar-refractivity contribution in [1.29, 1.82) is 0 Å². The highest BCUT2D eigenvalue weighted by molar-refractivity contribution is 5.76. The molecule has 4 nitrogen and oxygen atoms in total. The first-order chi connectivity index (χ1) is 9.31. The fraction of sp³-hybridized carbons (Fsp3) is 0.333. The summed E-state index contributed by atoms with van der Waals surface area (Å²) in [7, 11) is 0. The van der Waals surface area contributed by atoms with Gasteiger partial charge in [0, 0.05) is 6.42 Å². The number of oxazole rings is 1. The zero-order chi connectivity index (χ0) is 13.1. The molecule has 0 saturated carbocycles. The number of carbonyl (C=O) groups is 1. The minimum atomic E-state index is 0.0545. The van der Waals surface area contributed by atoms with Crippen LogP contribution in [0.4, 0.5) is 0 Å². The van der Waals surface area contributed by atoms with Crippen molar-refractivity contribution in [2.45, 2.75) is 25.8 Å². The Morgan fingerprint density at radius 2 is 2.32 bits per heavy atom. The van der Waals surface area contributed by atoms with Crippen molar-refractivity contribution in [1.82, 2.24) is 10.3 Å². The van der Waals surface area contributed by atoms with E-state index in [1.54, 1.807) is 0 Å². The molecule has 1 atom stereocenters. The molecule has 1 aliphatic carbocycles. The number of rotatable bonds is 4. The molecule has 0 fully saturated rings. The Hall–Kier alpha value is -2.10. The second-order valence-electron chi connectivity index (χ2n) is 4.82. The third-order valence-electron chi connectivity index (χ3n) is 3.33. The summed E-state index contributed by atoms with van der Waals surface area (Å²) in [5.41, 5.74) is 1.58. The fourth-order valence-corrected chi connectivity index (χ4v) is 2.35. The lowest BCUT2D eigenvalue weighted by Crippen LogP contribution is -2.24. The number of benzene rings is 1. The molecule has 1 aliphatic rings. The van der Waals surface area contributed by atoms with Crippen LogP contribution in [0.3, 0.4) is 0 Å². The predicted molar refractivity (Wildman–Crippen MR) is 72.3 cm³/mol. The van der Waals surface area contributed by atoms with E-state index in [4.69, 9.17) is 4.42 Å². The van der Waals surface area contributed by atoms with Gasteiger partial charge >= 0.3 is 0 Å². The Bertz CT molecular complexity index is 582. The standard InChI is InChI=1S/C15H16N2O2/c18-14(9-11-5-1-2-6-11)16-10-15-17-12-7-3-4-8-13(12)19-15/h1,3-5,7-8,11H,2,6,9-10H2,(H,16,18)/t11-/m1/s1. The van der Waals surface area contributed by atoms with Crippen LogP contribution < -0.4 is 5.32 Å². The Balaban J connectivity index is 1.56. The maximum atomic E-state index is 11.8. The first-order valence-corrected chi connectivity index (χ1v) is 6.59. The van der Waals surface area contributed by atoms with Gasteiger partial charge in [0.2, 0.25) is 11.8 Å². The lowest BCUT2D eigenvalue weighted by atomic mass is 10.1. The van der Waals surface area contributed by atoms with E-state index >= 15 is 0 Å². The van der Waals surface area contributed by atoms with Crippen molar-refractivity contribution in [3.8, 4) is 0 Å². The molecule has 0 spiro atoms. The average Bonchev–Trinajstić information content (AvgIpc) is 3.04. The second kappa shape index (κ2) is 5.26. The molecular weight excluding hydrogens is 240 g/mol. The molecule has 0 radical (unpaired) electrons. The first-order valence-electron chi connectivity index (χ1n) is 6.59.